The maximum Gasteiger partial charge on any atom is 0.257 e. The van der Waals surface area contributed by atoms with Gasteiger partial charge in [0.05, 0.1) is 38.1 Å². The van der Waals surface area contributed by atoms with Gasteiger partial charge in [-0.3, -0.25) is 9.59 Å². The second kappa shape index (κ2) is 9.05. The van der Waals surface area contributed by atoms with E-state index < -0.39 is 40.2 Å². The van der Waals surface area contributed by atoms with Crippen molar-refractivity contribution in [2.24, 2.45) is 5.92 Å². The van der Waals surface area contributed by atoms with Crippen LogP contribution >= 0.6 is 0 Å². The number of methoxy groups -OCH3 is 1. The van der Waals surface area contributed by atoms with Crippen LogP contribution in [0, 0.1) is 5.92 Å². The number of nitrogens with zero attached hydrogens (tertiary/aromatic N) is 1. The first-order valence-corrected chi connectivity index (χ1v) is 11.9. The summed E-state index contributed by atoms with van der Waals surface area (Å²) < 4.78 is 86.3. The van der Waals surface area contributed by atoms with Gasteiger partial charge >= 0.3 is 0 Å². The van der Waals surface area contributed by atoms with Crippen LogP contribution < -0.4 is 14.8 Å². The Hall–Kier alpha value is -3.07. The number of fused-ring (bicyclic) bond motifs is 1. The number of sulfone groups is 1. The number of nitrogens with one attached hydrogen (secondary N) is 1. The van der Waals surface area contributed by atoms with Crippen molar-refractivity contribution in [1.82, 2.24) is 4.90 Å². The molecular formula is C24H28N2O6S. The number of hydrogen-bond donors (Lipinski definition) is 1. The average molecular weight is 479 g/mol. The van der Waals surface area contributed by atoms with Gasteiger partial charge in [0, 0.05) is 25.5 Å². The van der Waals surface area contributed by atoms with Crippen LogP contribution in [0.5, 0.6) is 11.5 Å². The summed E-state index contributed by atoms with van der Waals surface area (Å²) in [5.41, 5.74) is -3.76. The summed E-state index contributed by atoms with van der Waals surface area (Å²) in [7, 11) is -4.34. The lowest BCUT2D eigenvalue weighted by Gasteiger charge is -2.28. The Kier molecular flexibility index (Phi) is 4.53. The summed E-state index contributed by atoms with van der Waals surface area (Å²) >= 11 is 0. The molecule has 0 aromatic heterocycles. The molecule has 2 aromatic rings. The van der Waals surface area contributed by atoms with Gasteiger partial charge in [-0.2, -0.15) is 0 Å². The Labute approximate surface area is 202 Å². The van der Waals surface area contributed by atoms with Crippen molar-refractivity contribution in [2.45, 2.75) is 32.3 Å². The molecule has 1 atom stereocenters. The molecule has 2 aliphatic rings. The van der Waals surface area contributed by atoms with E-state index in [4.69, 9.17) is 16.3 Å². The third-order valence-electron chi connectivity index (χ3n) is 5.38. The second-order valence-corrected chi connectivity index (χ2v) is 8.96. The van der Waals surface area contributed by atoms with Crippen LogP contribution in [0.2, 0.25) is 0 Å². The van der Waals surface area contributed by atoms with Crippen molar-refractivity contribution in [3.8, 4) is 11.5 Å². The second-order valence-electron chi connectivity index (χ2n) is 7.75. The molecule has 4 rings (SSSR count). The van der Waals surface area contributed by atoms with E-state index in [2.05, 4.69) is 5.32 Å². The van der Waals surface area contributed by atoms with Gasteiger partial charge in [0.25, 0.3) is 5.91 Å². The molecule has 0 spiro atoms. The minimum Gasteiger partial charge on any atom is -0.493 e. The number of carbonyl (C=O) groups excluding carboxylic acids is 2. The Morgan fingerprint density at radius 2 is 2.12 bits per heavy atom. The minimum absolute atomic E-state index is 0.0243. The number of benzene rings is 2. The summed E-state index contributed by atoms with van der Waals surface area (Å²) in [5.74, 6) is -1.17. The van der Waals surface area contributed by atoms with E-state index in [1.807, 2.05) is 0 Å². The summed E-state index contributed by atoms with van der Waals surface area (Å²) in [6.45, 7) is 1.39. The highest BCUT2D eigenvalue weighted by Crippen LogP contribution is 2.39. The van der Waals surface area contributed by atoms with Gasteiger partial charge in [-0.25, -0.2) is 8.42 Å². The van der Waals surface area contributed by atoms with Crippen molar-refractivity contribution < 1.29 is 35.7 Å². The zero-order valence-corrected chi connectivity index (χ0v) is 19.0. The predicted octanol–water partition coefficient (Wildman–Crippen LogP) is 3.18. The molecule has 1 N–H and O–H groups in total. The lowest BCUT2D eigenvalue weighted by molar-refractivity contribution is -0.117. The topological polar surface area (TPSA) is 102 Å². The molecule has 9 heteroatoms. The molecule has 2 amide bonds. The highest BCUT2D eigenvalue weighted by molar-refractivity contribution is 7.90. The third kappa shape index (κ3) is 4.98. The Morgan fingerprint density at radius 1 is 1.33 bits per heavy atom. The van der Waals surface area contributed by atoms with Crippen LogP contribution in [0.1, 0.15) is 55.5 Å². The molecule has 1 fully saturated rings. The smallest absolute Gasteiger partial charge is 0.257 e. The van der Waals surface area contributed by atoms with Gasteiger partial charge in [-0.05, 0) is 49.1 Å². The molecule has 0 saturated heterocycles. The molecule has 1 saturated carbocycles. The van der Waals surface area contributed by atoms with E-state index in [1.54, 1.807) is 13.0 Å². The highest BCUT2D eigenvalue weighted by Gasteiger charge is 2.38. The molecule has 2 aromatic carbocycles. The maximum absolute atomic E-state index is 13.9. The molecule has 0 unspecified atom stereocenters. The molecule has 0 bridgehead atoms. The number of hydrogen-bond acceptors (Lipinski definition) is 6. The predicted molar refractivity (Wildman–Crippen MR) is 124 cm³/mol. The van der Waals surface area contributed by atoms with Crippen LogP contribution in [-0.4, -0.2) is 50.7 Å². The Bertz CT molecular complexity index is 1430. The molecule has 176 valence electrons. The van der Waals surface area contributed by atoms with Gasteiger partial charge in [0.2, 0.25) is 5.91 Å². The Morgan fingerprint density at radius 3 is 2.79 bits per heavy atom. The van der Waals surface area contributed by atoms with Gasteiger partial charge in [-0.15, -0.1) is 0 Å². The summed E-state index contributed by atoms with van der Waals surface area (Å²) in [6, 6.07) is 5.15. The first kappa shape index (κ1) is 16.5. The van der Waals surface area contributed by atoms with Gasteiger partial charge < -0.3 is 19.7 Å². The SMILES string of the molecule is [2H]C([2H])([2H])S(=O)(=O)C([2H])([2H])[C@]([2H])(c1ccc(OC)c(OCC)c1)N1Cc2cccc(NC(=O)C3CC3)c2C1=O. The zero-order valence-electron chi connectivity index (χ0n) is 24.2. The summed E-state index contributed by atoms with van der Waals surface area (Å²) in [6.07, 6.45) is -2.41. The lowest BCUT2D eigenvalue weighted by atomic mass is 10.1. The highest BCUT2D eigenvalue weighted by atomic mass is 32.2. The largest absolute Gasteiger partial charge is 0.493 e. The van der Waals surface area contributed by atoms with Crippen LogP contribution in [-0.2, 0) is 21.2 Å². The molecule has 1 aliphatic carbocycles. The lowest BCUT2D eigenvalue weighted by Crippen LogP contribution is -2.34. The van der Waals surface area contributed by atoms with E-state index in [0.29, 0.717) is 23.3 Å². The van der Waals surface area contributed by atoms with Crippen molar-refractivity contribution >= 4 is 27.3 Å². The molecule has 1 heterocycles. The van der Waals surface area contributed by atoms with Crippen molar-refractivity contribution in [2.75, 3.05) is 30.9 Å². The average Bonchev–Trinajstić information content (AvgIpc) is 3.66. The van der Waals surface area contributed by atoms with Crippen molar-refractivity contribution in [1.29, 1.82) is 0 Å². The normalized spacial score (nSPS) is 20.8. The molecular weight excluding hydrogens is 444 g/mol. The fourth-order valence-corrected chi connectivity index (χ4v) is 4.20. The molecule has 1 aliphatic heterocycles. The van der Waals surface area contributed by atoms with Gasteiger partial charge in [-0.1, -0.05) is 18.2 Å². The van der Waals surface area contributed by atoms with Crippen molar-refractivity contribution in [3.63, 3.8) is 0 Å². The zero-order chi connectivity index (χ0) is 29.0. The van der Waals surface area contributed by atoms with Crippen LogP contribution in [0.15, 0.2) is 36.4 Å². The van der Waals surface area contributed by atoms with Crippen molar-refractivity contribution in [3.05, 3.63) is 53.1 Å². The molecule has 8 nitrogen and oxygen atoms in total. The molecule has 33 heavy (non-hydrogen) atoms. The monoisotopic (exact) mass is 478 g/mol. The van der Waals surface area contributed by atoms with E-state index in [1.165, 1.54) is 31.4 Å². The number of rotatable bonds is 9. The molecule has 0 radical (unpaired) electrons. The first-order chi connectivity index (χ1) is 18.1. The first-order valence-electron chi connectivity index (χ1n) is 13.4. The summed E-state index contributed by atoms with van der Waals surface area (Å²) in [4.78, 5) is 27.0. The number of carbonyl (C=O) groups is 2. The van der Waals surface area contributed by atoms with Crippen LogP contribution in [0.4, 0.5) is 5.69 Å². The van der Waals surface area contributed by atoms with Gasteiger partial charge in [0.15, 0.2) is 11.5 Å². The van der Waals surface area contributed by atoms with E-state index >= 15 is 0 Å². The maximum atomic E-state index is 13.9. The fraction of sp³-hybridized carbons (Fsp3) is 0.417. The van der Waals surface area contributed by atoms with E-state index in [-0.39, 0.29) is 46.7 Å². The van der Waals surface area contributed by atoms with E-state index in [0.717, 1.165) is 6.07 Å². The van der Waals surface area contributed by atoms with Crippen LogP contribution in [0.3, 0.4) is 0 Å². The number of amides is 2. The quantitative estimate of drug-likeness (QED) is 0.594. The Balaban J connectivity index is 1.91. The number of ether oxygens (including phenoxy) is 2. The standard InChI is InChI=1S/C24H28N2O6S/c1-4-32-21-12-16(10-11-20(21)31-2)19(14-33(3,29)30)26-13-17-6-5-7-18(22(17)24(26)28)25-23(27)15-8-9-15/h5-7,10-12,15,19H,4,8-9,13-14H2,1-3H3,(H,25,27)/t19-/m1/s1/i3D3,14D2,19D. The van der Waals surface area contributed by atoms with E-state index in [9.17, 15) is 19.4 Å². The summed E-state index contributed by atoms with van der Waals surface area (Å²) in [5, 5.41) is 2.69. The third-order valence-corrected chi connectivity index (χ3v) is 5.84. The fourth-order valence-electron chi connectivity index (χ4n) is 3.72. The number of anilines is 1. The minimum atomic E-state index is -5.69. The van der Waals surface area contributed by atoms with Crippen LogP contribution in [0.25, 0.3) is 0 Å². The van der Waals surface area contributed by atoms with Gasteiger partial charge in [0.1, 0.15) is 9.84 Å².